The van der Waals surface area contributed by atoms with Gasteiger partial charge in [-0.2, -0.15) is 0 Å². The van der Waals surface area contributed by atoms with Gasteiger partial charge >= 0.3 is 73.1 Å². The van der Waals surface area contributed by atoms with Crippen molar-refractivity contribution in [1.82, 2.24) is 0 Å². The standard InChI is InChI=1S/C6H5.C4H8O2.3CH3.Sn/c1-2-4-6-5-3-1;1-2-3-4(5)6;;;;/h1-5H;2-3H2,1H3,(H,5,6);3*1H3;. The molecule has 1 rings (SSSR count). The van der Waals surface area contributed by atoms with Crippen LogP contribution >= 0.6 is 0 Å². The van der Waals surface area contributed by atoms with E-state index in [0.29, 0.717) is 6.42 Å². The SMILES string of the molecule is CCCC(=O)O.[CH3][Sn]([CH3])([CH3])[c]1ccccc1. The van der Waals surface area contributed by atoms with Crippen LogP contribution < -0.4 is 3.58 Å². The van der Waals surface area contributed by atoms with Crippen molar-refractivity contribution >= 4 is 27.9 Å². The quantitative estimate of drug-likeness (QED) is 0.866. The molecule has 0 spiro atoms. The van der Waals surface area contributed by atoms with Gasteiger partial charge in [0.15, 0.2) is 0 Å². The van der Waals surface area contributed by atoms with Gasteiger partial charge in [-0.3, -0.25) is 4.79 Å². The van der Waals surface area contributed by atoms with E-state index in [1.807, 2.05) is 6.92 Å². The van der Waals surface area contributed by atoms with Crippen molar-refractivity contribution < 1.29 is 9.90 Å². The third kappa shape index (κ3) is 7.74. The first-order valence-electron chi connectivity index (χ1n) is 5.65. The molecule has 0 aliphatic rings. The topological polar surface area (TPSA) is 37.3 Å². The minimum atomic E-state index is -1.71. The molecular weight excluding hydrogens is 307 g/mol. The average molecular weight is 329 g/mol. The Hall–Kier alpha value is -0.511. The zero-order valence-electron chi connectivity index (χ0n) is 10.7. The summed E-state index contributed by atoms with van der Waals surface area (Å²) in [7, 11) is 0. The number of benzene rings is 1. The van der Waals surface area contributed by atoms with Crippen LogP contribution in [0.3, 0.4) is 0 Å². The van der Waals surface area contributed by atoms with Crippen LogP contribution in [0.5, 0.6) is 0 Å². The van der Waals surface area contributed by atoms with Crippen LogP contribution in [-0.4, -0.2) is 29.5 Å². The molecule has 3 heteroatoms. The molecule has 0 unspecified atom stereocenters. The molecule has 0 aliphatic carbocycles. The summed E-state index contributed by atoms with van der Waals surface area (Å²) in [6.07, 6.45) is 1.02. The zero-order chi connectivity index (χ0) is 12.6. The molecular formula is C13H22O2Sn. The van der Waals surface area contributed by atoms with E-state index in [1.54, 1.807) is 3.58 Å². The molecule has 0 bridgehead atoms. The van der Waals surface area contributed by atoms with E-state index in [2.05, 4.69) is 45.2 Å². The van der Waals surface area contributed by atoms with Crippen LogP contribution in [0.25, 0.3) is 0 Å². The molecule has 0 aliphatic heterocycles. The van der Waals surface area contributed by atoms with Crippen LogP contribution in [0.4, 0.5) is 0 Å². The Balaban J connectivity index is 0.000000325. The second kappa shape index (κ2) is 7.71. The molecule has 16 heavy (non-hydrogen) atoms. The van der Waals surface area contributed by atoms with E-state index >= 15 is 0 Å². The van der Waals surface area contributed by atoms with Crippen molar-refractivity contribution in [3.05, 3.63) is 30.3 Å². The monoisotopic (exact) mass is 330 g/mol. The minimum absolute atomic E-state index is 0.292. The number of hydrogen-bond acceptors (Lipinski definition) is 1. The molecule has 0 atom stereocenters. The molecule has 1 N–H and O–H groups in total. The number of carbonyl (C=O) groups is 1. The van der Waals surface area contributed by atoms with Crippen molar-refractivity contribution in [1.29, 1.82) is 0 Å². The maximum atomic E-state index is 9.60. The molecule has 1 aromatic rings. The van der Waals surface area contributed by atoms with Crippen molar-refractivity contribution in [3.8, 4) is 0 Å². The van der Waals surface area contributed by atoms with Crippen molar-refractivity contribution in [2.45, 2.75) is 34.6 Å². The number of aliphatic carboxylic acids is 1. The predicted octanol–water partition coefficient (Wildman–Crippen LogP) is 3.10. The third-order valence-electron chi connectivity index (χ3n) is 2.10. The van der Waals surface area contributed by atoms with Crippen LogP contribution in [0, 0.1) is 0 Å². The van der Waals surface area contributed by atoms with Crippen LogP contribution in [0.15, 0.2) is 30.3 Å². The Morgan fingerprint density at radius 3 is 1.88 bits per heavy atom. The molecule has 1 aromatic carbocycles. The van der Waals surface area contributed by atoms with E-state index < -0.39 is 24.3 Å². The van der Waals surface area contributed by atoms with Gasteiger partial charge in [0.05, 0.1) is 0 Å². The Kier molecular flexibility index (Phi) is 7.47. The van der Waals surface area contributed by atoms with E-state index in [0.717, 1.165) is 6.42 Å². The van der Waals surface area contributed by atoms with E-state index in [1.165, 1.54) is 0 Å². The average Bonchev–Trinajstić information content (AvgIpc) is 2.18. The summed E-state index contributed by atoms with van der Waals surface area (Å²) in [6.45, 7) is 1.84. The molecule has 0 amide bonds. The normalized spacial score (nSPS) is 10.2. The first kappa shape index (κ1) is 15.5. The third-order valence-corrected chi connectivity index (χ3v) is 8.00. The van der Waals surface area contributed by atoms with Gasteiger partial charge in [-0.1, -0.05) is 6.92 Å². The second-order valence-electron chi connectivity index (χ2n) is 4.76. The Labute approximate surface area is 103 Å². The summed E-state index contributed by atoms with van der Waals surface area (Å²) in [4.78, 5) is 16.9. The first-order chi connectivity index (χ1) is 7.38. The number of carboxylic acids is 1. The predicted molar refractivity (Wildman–Crippen MR) is 72.0 cm³/mol. The van der Waals surface area contributed by atoms with Gasteiger partial charge in [0.25, 0.3) is 0 Å². The van der Waals surface area contributed by atoms with Gasteiger partial charge in [0.2, 0.25) is 0 Å². The number of carboxylic acid groups (broad SMARTS) is 1. The van der Waals surface area contributed by atoms with E-state index in [9.17, 15) is 4.79 Å². The van der Waals surface area contributed by atoms with Crippen molar-refractivity contribution in [2.75, 3.05) is 0 Å². The molecule has 0 radical (unpaired) electrons. The van der Waals surface area contributed by atoms with Crippen LogP contribution in [0.1, 0.15) is 19.8 Å². The molecule has 0 saturated carbocycles. The Bertz CT molecular complexity index is 301. The van der Waals surface area contributed by atoms with Gasteiger partial charge in [0.1, 0.15) is 0 Å². The molecule has 0 saturated heterocycles. The fraction of sp³-hybridized carbons (Fsp3) is 0.462. The van der Waals surface area contributed by atoms with Gasteiger partial charge in [0, 0.05) is 6.42 Å². The van der Waals surface area contributed by atoms with Crippen molar-refractivity contribution in [2.24, 2.45) is 0 Å². The Morgan fingerprint density at radius 1 is 1.19 bits per heavy atom. The summed E-state index contributed by atoms with van der Waals surface area (Å²) < 4.78 is 1.61. The Morgan fingerprint density at radius 2 is 1.69 bits per heavy atom. The fourth-order valence-corrected chi connectivity index (χ4v) is 4.56. The summed E-state index contributed by atoms with van der Waals surface area (Å²) in [6, 6.07) is 10.9. The van der Waals surface area contributed by atoms with Crippen LogP contribution in [-0.2, 0) is 4.79 Å². The summed E-state index contributed by atoms with van der Waals surface area (Å²) >= 11 is -1.71. The number of hydrogen-bond donors (Lipinski definition) is 1. The molecule has 0 fully saturated rings. The van der Waals surface area contributed by atoms with Crippen molar-refractivity contribution in [3.63, 3.8) is 0 Å². The molecule has 0 aromatic heterocycles. The summed E-state index contributed by atoms with van der Waals surface area (Å²) in [5, 5.41) is 7.91. The molecule has 2 nitrogen and oxygen atoms in total. The first-order valence-corrected chi connectivity index (χ1v) is 15.6. The van der Waals surface area contributed by atoms with Gasteiger partial charge in [-0.25, -0.2) is 0 Å². The summed E-state index contributed by atoms with van der Waals surface area (Å²) in [5.74, 6) is -0.711. The van der Waals surface area contributed by atoms with Gasteiger partial charge in [-0.15, -0.1) is 0 Å². The summed E-state index contributed by atoms with van der Waals surface area (Å²) in [5.41, 5.74) is 0. The van der Waals surface area contributed by atoms with E-state index in [4.69, 9.17) is 5.11 Å². The number of rotatable bonds is 3. The fourth-order valence-electron chi connectivity index (χ4n) is 1.15. The maximum absolute atomic E-state index is 9.60. The van der Waals surface area contributed by atoms with Gasteiger partial charge in [-0.05, 0) is 6.42 Å². The second-order valence-corrected chi connectivity index (χ2v) is 19.3. The van der Waals surface area contributed by atoms with E-state index in [-0.39, 0.29) is 0 Å². The zero-order valence-corrected chi connectivity index (χ0v) is 13.5. The molecule has 90 valence electrons. The molecule has 0 heterocycles. The van der Waals surface area contributed by atoms with Crippen LogP contribution in [0.2, 0.25) is 14.8 Å². The van der Waals surface area contributed by atoms with Gasteiger partial charge < -0.3 is 5.11 Å².